The molecule has 0 spiro atoms. The molecule has 0 aromatic rings. The Morgan fingerprint density at radius 2 is 1.37 bits per heavy atom. The first kappa shape index (κ1) is 18.7. The Morgan fingerprint density at radius 3 is 1.84 bits per heavy atom. The summed E-state index contributed by atoms with van der Waals surface area (Å²) in [5, 5.41) is 0. The molecule has 0 aliphatic carbocycles. The van der Waals surface area contributed by atoms with Gasteiger partial charge in [-0.05, 0) is 36.5 Å². The second-order valence-electron chi connectivity index (χ2n) is 6.35. The highest BCUT2D eigenvalue weighted by atomic mass is 14.2. The lowest BCUT2D eigenvalue weighted by atomic mass is 9.82. The van der Waals surface area contributed by atoms with E-state index in [9.17, 15) is 0 Å². The first-order chi connectivity index (χ1) is 9.10. The molecule has 4 unspecified atom stereocenters. The molecular weight excluding hydrogens is 228 g/mol. The van der Waals surface area contributed by atoms with Crippen LogP contribution in [-0.4, -0.2) is 0 Å². The molecule has 0 heterocycles. The Kier molecular flexibility index (Phi) is 11.4. The van der Waals surface area contributed by atoms with Crippen LogP contribution in [0.2, 0.25) is 0 Å². The van der Waals surface area contributed by atoms with Crippen molar-refractivity contribution in [2.24, 2.45) is 23.7 Å². The van der Waals surface area contributed by atoms with Gasteiger partial charge in [0.15, 0.2) is 0 Å². The molecule has 0 saturated heterocycles. The first-order valence-electron chi connectivity index (χ1n) is 8.77. The molecule has 0 N–H and O–H groups in total. The van der Waals surface area contributed by atoms with E-state index in [1.165, 1.54) is 44.9 Å². The van der Waals surface area contributed by atoms with Gasteiger partial charge in [0.1, 0.15) is 0 Å². The molecule has 0 fully saturated rings. The minimum absolute atomic E-state index is 0.758. The van der Waals surface area contributed by atoms with Crippen molar-refractivity contribution in [1.29, 1.82) is 0 Å². The predicted octanol–water partition coefficient (Wildman–Crippen LogP) is 6.86. The Bertz CT molecular complexity index is 216. The average Bonchev–Trinajstić information content (AvgIpc) is 2.44. The zero-order valence-corrected chi connectivity index (χ0v) is 14.4. The van der Waals surface area contributed by atoms with Crippen LogP contribution in [-0.2, 0) is 0 Å². The highest BCUT2D eigenvalue weighted by Crippen LogP contribution is 2.28. The fraction of sp³-hybridized carbons (Fsp3) is 0.895. The summed E-state index contributed by atoms with van der Waals surface area (Å²) < 4.78 is 0. The monoisotopic (exact) mass is 266 g/mol. The summed E-state index contributed by atoms with van der Waals surface area (Å²) in [6, 6.07) is 0. The maximum Gasteiger partial charge on any atom is -0.0234 e. The standard InChI is InChI=1S/C19H38/c1-7-11-13-17(6)19(10-4)15-12-14-18(9-3)16(5)8-2/h11,13,16-19H,7-10,12,14-15H2,1-6H3. The van der Waals surface area contributed by atoms with Crippen LogP contribution in [0.3, 0.4) is 0 Å². The molecule has 0 aliphatic heterocycles. The largest absolute Gasteiger partial charge is 0.0885 e. The highest BCUT2D eigenvalue weighted by Gasteiger charge is 2.16. The van der Waals surface area contributed by atoms with E-state index in [0.29, 0.717) is 0 Å². The van der Waals surface area contributed by atoms with Crippen LogP contribution >= 0.6 is 0 Å². The maximum absolute atomic E-state index is 2.43. The lowest BCUT2D eigenvalue weighted by Crippen LogP contribution is -2.13. The second-order valence-corrected chi connectivity index (χ2v) is 6.35. The Hall–Kier alpha value is -0.260. The molecule has 0 heteroatoms. The van der Waals surface area contributed by atoms with Gasteiger partial charge in [-0.3, -0.25) is 0 Å². The van der Waals surface area contributed by atoms with Crippen molar-refractivity contribution in [2.45, 2.75) is 86.5 Å². The molecule has 0 nitrogen and oxygen atoms in total. The highest BCUT2D eigenvalue weighted by molar-refractivity contribution is 4.88. The molecule has 0 rings (SSSR count). The van der Waals surface area contributed by atoms with E-state index in [4.69, 9.17) is 0 Å². The van der Waals surface area contributed by atoms with Gasteiger partial charge in [-0.1, -0.05) is 85.8 Å². The predicted molar refractivity (Wildman–Crippen MR) is 89.5 cm³/mol. The minimum Gasteiger partial charge on any atom is -0.0885 e. The van der Waals surface area contributed by atoms with E-state index >= 15 is 0 Å². The van der Waals surface area contributed by atoms with Gasteiger partial charge in [0.05, 0.1) is 0 Å². The van der Waals surface area contributed by atoms with E-state index in [1.807, 2.05) is 0 Å². The summed E-state index contributed by atoms with van der Waals surface area (Å²) in [6.45, 7) is 14.1. The zero-order chi connectivity index (χ0) is 14.7. The normalized spacial score (nSPS) is 18.4. The van der Waals surface area contributed by atoms with Gasteiger partial charge in [-0.15, -0.1) is 0 Å². The number of hydrogen-bond acceptors (Lipinski definition) is 0. The van der Waals surface area contributed by atoms with E-state index in [2.05, 4.69) is 53.7 Å². The lowest BCUT2D eigenvalue weighted by Gasteiger charge is -2.24. The quantitative estimate of drug-likeness (QED) is 0.358. The smallest absolute Gasteiger partial charge is 0.0234 e. The fourth-order valence-electron chi connectivity index (χ4n) is 3.21. The summed E-state index contributed by atoms with van der Waals surface area (Å²) in [6.07, 6.45) is 14.2. The second kappa shape index (κ2) is 11.6. The Labute approximate surface area is 123 Å². The van der Waals surface area contributed by atoms with E-state index in [1.54, 1.807) is 0 Å². The minimum atomic E-state index is 0.758. The summed E-state index contributed by atoms with van der Waals surface area (Å²) in [5.41, 5.74) is 0. The molecule has 0 aromatic heterocycles. The van der Waals surface area contributed by atoms with Crippen LogP contribution in [0.4, 0.5) is 0 Å². The molecule has 0 aromatic carbocycles. The maximum atomic E-state index is 2.43. The van der Waals surface area contributed by atoms with Gasteiger partial charge >= 0.3 is 0 Å². The van der Waals surface area contributed by atoms with Gasteiger partial charge in [0, 0.05) is 0 Å². The van der Waals surface area contributed by atoms with Gasteiger partial charge in [0.2, 0.25) is 0 Å². The van der Waals surface area contributed by atoms with Crippen molar-refractivity contribution in [1.82, 2.24) is 0 Å². The van der Waals surface area contributed by atoms with Crippen molar-refractivity contribution < 1.29 is 0 Å². The molecule has 4 atom stereocenters. The van der Waals surface area contributed by atoms with E-state index < -0.39 is 0 Å². The Morgan fingerprint density at radius 1 is 0.789 bits per heavy atom. The third kappa shape index (κ3) is 7.80. The molecule has 0 amide bonds. The van der Waals surface area contributed by atoms with Crippen LogP contribution in [0.15, 0.2) is 12.2 Å². The summed E-state index contributed by atoms with van der Waals surface area (Å²) in [5.74, 6) is 3.50. The van der Waals surface area contributed by atoms with Gasteiger partial charge in [-0.25, -0.2) is 0 Å². The Balaban J connectivity index is 4.09. The van der Waals surface area contributed by atoms with Crippen molar-refractivity contribution in [3.63, 3.8) is 0 Å². The molecule has 0 bridgehead atoms. The molecule has 0 aliphatic rings. The van der Waals surface area contributed by atoms with E-state index in [0.717, 1.165) is 23.7 Å². The molecule has 114 valence electrons. The van der Waals surface area contributed by atoms with Gasteiger partial charge in [-0.2, -0.15) is 0 Å². The molecule has 0 radical (unpaired) electrons. The van der Waals surface area contributed by atoms with Gasteiger partial charge < -0.3 is 0 Å². The van der Waals surface area contributed by atoms with Crippen LogP contribution in [0.5, 0.6) is 0 Å². The zero-order valence-electron chi connectivity index (χ0n) is 14.4. The third-order valence-corrected chi connectivity index (χ3v) is 5.07. The van der Waals surface area contributed by atoms with Crippen LogP contribution in [0.1, 0.15) is 86.5 Å². The summed E-state index contributed by atoms with van der Waals surface area (Å²) >= 11 is 0. The third-order valence-electron chi connectivity index (χ3n) is 5.07. The number of hydrogen-bond donors (Lipinski definition) is 0. The fourth-order valence-corrected chi connectivity index (χ4v) is 3.21. The topological polar surface area (TPSA) is 0 Å². The summed E-state index contributed by atoms with van der Waals surface area (Å²) in [4.78, 5) is 0. The lowest BCUT2D eigenvalue weighted by molar-refractivity contribution is 0.285. The number of rotatable bonds is 11. The average molecular weight is 267 g/mol. The molecular formula is C19H38. The van der Waals surface area contributed by atoms with Gasteiger partial charge in [0.25, 0.3) is 0 Å². The molecule has 0 saturated carbocycles. The first-order valence-corrected chi connectivity index (χ1v) is 8.77. The van der Waals surface area contributed by atoms with Crippen molar-refractivity contribution in [3.05, 3.63) is 12.2 Å². The number of allylic oxidation sites excluding steroid dienone is 2. The van der Waals surface area contributed by atoms with E-state index in [-0.39, 0.29) is 0 Å². The van der Waals surface area contributed by atoms with Crippen LogP contribution in [0.25, 0.3) is 0 Å². The molecule has 19 heavy (non-hydrogen) atoms. The summed E-state index contributed by atoms with van der Waals surface area (Å²) in [7, 11) is 0. The van der Waals surface area contributed by atoms with Crippen LogP contribution < -0.4 is 0 Å². The van der Waals surface area contributed by atoms with Crippen LogP contribution in [0, 0.1) is 23.7 Å². The van der Waals surface area contributed by atoms with Crippen molar-refractivity contribution in [2.75, 3.05) is 0 Å². The van der Waals surface area contributed by atoms with Crippen molar-refractivity contribution in [3.8, 4) is 0 Å². The SMILES string of the molecule is CCC=CC(C)C(CC)CCCC(CC)C(C)CC. The van der Waals surface area contributed by atoms with Crippen molar-refractivity contribution >= 4 is 0 Å².